The number of nitrogens with one attached hydrogen (secondary N) is 1. The summed E-state index contributed by atoms with van der Waals surface area (Å²) in [6.07, 6.45) is 0.651. The maximum absolute atomic E-state index is 9.89. The SMILES string of the molecule is Oc1ccc(C2CC(c3cc(Cl)ccc3O)=NN2)cc1. The second-order valence-electron chi connectivity index (χ2n) is 4.70. The van der Waals surface area contributed by atoms with Crippen LogP contribution in [0.25, 0.3) is 0 Å². The molecule has 2 aromatic carbocycles. The molecule has 0 aliphatic carbocycles. The second kappa shape index (κ2) is 5.06. The summed E-state index contributed by atoms with van der Waals surface area (Å²) in [5, 5.41) is 24.0. The third-order valence-corrected chi connectivity index (χ3v) is 3.55. The van der Waals surface area contributed by atoms with Crippen LogP contribution >= 0.6 is 11.6 Å². The topological polar surface area (TPSA) is 64.8 Å². The molecule has 2 aromatic rings. The van der Waals surface area contributed by atoms with Crippen molar-refractivity contribution in [2.24, 2.45) is 5.10 Å². The van der Waals surface area contributed by atoms with E-state index in [9.17, 15) is 10.2 Å². The number of aromatic hydroxyl groups is 2. The van der Waals surface area contributed by atoms with Crippen LogP contribution in [0.4, 0.5) is 0 Å². The first-order valence-corrected chi connectivity index (χ1v) is 6.61. The van der Waals surface area contributed by atoms with E-state index < -0.39 is 0 Å². The number of nitrogens with zero attached hydrogens (tertiary/aromatic N) is 1. The summed E-state index contributed by atoms with van der Waals surface area (Å²) in [6, 6.07) is 11.9. The molecule has 0 saturated heterocycles. The molecule has 1 aliphatic rings. The standard InChI is InChI=1S/C15H13ClN2O2/c16-10-3-6-15(20)12(7-10)14-8-13(17-18-14)9-1-4-11(19)5-2-9/h1-7,13,17,19-20H,8H2. The highest BCUT2D eigenvalue weighted by Crippen LogP contribution is 2.30. The van der Waals surface area contributed by atoms with Crippen molar-refractivity contribution in [2.75, 3.05) is 0 Å². The lowest BCUT2D eigenvalue weighted by atomic mass is 9.98. The molecule has 0 saturated carbocycles. The van der Waals surface area contributed by atoms with E-state index in [4.69, 9.17) is 11.6 Å². The van der Waals surface area contributed by atoms with Crippen LogP contribution in [0.5, 0.6) is 11.5 Å². The zero-order chi connectivity index (χ0) is 14.1. The molecule has 1 heterocycles. The average molecular weight is 289 g/mol. The third-order valence-electron chi connectivity index (χ3n) is 3.32. The summed E-state index contributed by atoms with van der Waals surface area (Å²) in [6.45, 7) is 0. The van der Waals surface area contributed by atoms with Gasteiger partial charge in [0.1, 0.15) is 11.5 Å². The van der Waals surface area contributed by atoms with Crippen molar-refractivity contribution in [1.29, 1.82) is 0 Å². The molecule has 3 N–H and O–H groups in total. The lowest BCUT2D eigenvalue weighted by molar-refractivity contribution is 0.474. The van der Waals surface area contributed by atoms with Gasteiger partial charge in [0.25, 0.3) is 0 Å². The molecule has 1 unspecified atom stereocenters. The van der Waals surface area contributed by atoms with Gasteiger partial charge in [-0.05, 0) is 35.9 Å². The first kappa shape index (κ1) is 12.8. The number of halogens is 1. The second-order valence-corrected chi connectivity index (χ2v) is 5.13. The predicted molar refractivity (Wildman–Crippen MR) is 78.3 cm³/mol. The van der Waals surface area contributed by atoms with Crippen LogP contribution in [-0.4, -0.2) is 15.9 Å². The fourth-order valence-corrected chi connectivity index (χ4v) is 2.42. The Labute approximate surface area is 121 Å². The minimum Gasteiger partial charge on any atom is -0.508 e. The predicted octanol–water partition coefficient (Wildman–Crippen LogP) is 3.19. The summed E-state index contributed by atoms with van der Waals surface area (Å²) in [5.41, 5.74) is 5.48. The van der Waals surface area contributed by atoms with Crippen LogP contribution in [0.1, 0.15) is 23.6 Å². The van der Waals surface area contributed by atoms with Crippen molar-refractivity contribution >= 4 is 17.3 Å². The first-order chi connectivity index (χ1) is 9.63. The van der Waals surface area contributed by atoms with Crippen molar-refractivity contribution in [3.05, 3.63) is 58.6 Å². The van der Waals surface area contributed by atoms with Crippen LogP contribution in [0.2, 0.25) is 5.02 Å². The average Bonchev–Trinajstić information content (AvgIpc) is 2.92. The highest BCUT2D eigenvalue weighted by Gasteiger charge is 2.23. The zero-order valence-electron chi connectivity index (χ0n) is 10.5. The highest BCUT2D eigenvalue weighted by molar-refractivity contribution is 6.31. The Hall–Kier alpha value is -2.20. The van der Waals surface area contributed by atoms with Crippen LogP contribution in [0.15, 0.2) is 47.6 Å². The Balaban J connectivity index is 1.82. The van der Waals surface area contributed by atoms with Gasteiger partial charge in [0.05, 0.1) is 11.8 Å². The van der Waals surface area contributed by atoms with E-state index in [0.717, 1.165) is 11.3 Å². The van der Waals surface area contributed by atoms with E-state index in [-0.39, 0.29) is 17.5 Å². The smallest absolute Gasteiger partial charge is 0.124 e. The number of phenols is 2. The molecule has 0 amide bonds. The molecule has 5 heteroatoms. The van der Waals surface area contributed by atoms with Gasteiger partial charge in [0.15, 0.2) is 0 Å². The molecule has 3 rings (SSSR count). The minimum absolute atomic E-state index is 0.0315. The van der Waals surface area contributed by atoms with Crippen molar-refractivity contribution in [3.63, 3.8) is 0 Å². The Morgan fingerprint density at radius 3 is 2.60 bits per heavy atom. The van der Waals surface area contributed by atoms with Crippen LogP contribution in [0, 0.1) is 0 Å². The van der Waals surface area contributed by atoms with Crippen molar-refractivity contribution in [2.45, 2.75) is 12.5 Å². The maximum Gasteiger partial charge on any atom is 0.124 e. The Morgan fingerprint density at radius 1 is 1.10 bits per heavy atom. The van der Waals surface area contributed by atoms with E-state index in [0.29, 0.717) is 17.0 Å². The van der Waals surface area contributed by atoms with Gasteiger partial charge in [-0.25, -0.2) is 0 Å². The van der Waals surface area contributed by atoms with Crippen molar-refractivity contribution < 1.29 is 10.2 Å². The fraction of sp³-hybridized carbons (Fsp3) is 0.133. The Morgan fingerprint density at radius 2 is 1.85 bits per heavy atom. The summed E-state index contributed by atoms with van der Waals surface area (Å²) in [4.78, 5) is 0. The lowest BCUT2D eigenvalue weighted by Crippen LogP contribution is -2.09. The van der Waals surface area contributed by atoms with Gasteiger partial charge in [-0.2, -0.15) is 5.10 Å². The maximum atomic E-state index is 9.89. The Bertz CT molecular complexity index is 668. The van der Waals surface area contributed by atoms with E-state index in [1.807, 2.05) is 12.1 Å². The van der Waals surface area contributed by atoms with E-state index in [1.54, 1.807) is 30.3 Å². The fourth-order valence-electron chi connectivity index (χ4n) is 2.25. The molecule has 0 radical (unpaired) electrons. The number of rotatable bonds is 2. The molecule has 20 heavy (non-hydrogen) atoms. The van der Waals surface area contributed by atoms with Gasteiger partial charge in [0, 0.05) is 17.0 Å². The largest absolute Gasteiger partial charge is 0.508 e. The van der Waals surface area contributed by atoms with Crippen LogP contribution in [0.3, 0.4) is 0 Å². The van der Waals surface area contributed by atoms with Gasteiger partial charge < -0.3 is 15.6 Å². The van der Waals surface area contributed by atoms with E-state index in [2.05, 4.69) is 10.5 Å². The number of benzene rings is 2. The number of hydrazone groups is 1. The molecule has 0 bridgehead atoms. The summed E-state index contributed by atoms with van der Waals surface area (Å²) in [5.74, 6) is 0.404. The third kappa shape index (κ3) is 2.42. The molecule has 1 aliphatic heterocycles. The van der Waals surface area contributed by atoms with Crippen LogP contribution in [-0.2, 0) is 0 Å². The highest BCUT2D eigenvalue weighted by atomic mass is 35.5. The molecule has 4 nitrogen and oxygen atoms in total. The summed E-state index contributed by atoms with van der Waals surface area (Å²) < 4.78 is 0. The quantitative estimate of drug-likeness (QED) is 0.795. The van der Waals surface area contributed by atoms with E-state index >= 15 is 0 Å². The molecular weight excluding hydrogens is 276 g/mol. The number of hydrogen-bond donors (Lipinski definition) is 3. The number of phenolic OH excluding ortho intramolecular Hbond substituents is 2. The van der Waals surface area contributed by atoms with Gasteiger partial charge >= 0.3 is 0 Å². The minimum atomic E-state index is 0.0315. The van der Waals surface area contributed by atoms with Gasteiger partial charge in [-0.3, -0.25) is 0 Å². The van der Waals surface area contributed by atoms with Gasteiger partial charge in [-0.1, -0.05) is 23.7 Å². The van der Waals surface area contributed by atoms with Gasteiger partial charge in [-0.15, -0.1) is 0 Å². The van der Waals surface area contributed by atoms with Crippen molar-refractivity contribution in [3.8, 4) is 11.5 Å². The molecule has 0 aromatic heterocycles. The molecular formula is C15H13ClN2O2. The first-order valence-electron chi connectivity index (χ1n) is 6.23. The molecule has 1 atom stereocenters. The number of hydrogen-bond acceptors (Lipinski definition) is 4. The van der Waals surface area contributed by atoms with E-state index in [1.165, 1.54) is 0 Å². The monoisotopic (exact) mass is 288 g/mol. The summed E-state index contributed by atoms with van der Waals surface area (Å²) >= 11 is 5.95. The van der Waals surface area contributed by atoms with Crippen molar-refractivity contribution in [1.82, 2.24) is 5.43 Å². The molecule has 0 spiro atoms. The molecule has 102 valence electrons. The lowest BCUT2D eigenvalue weighted by Gasteiger charge is -2.10. The summed E-state index contributed by atoms with van der Waals surface area (Å²) in [7, 11) is 0. The zero-order valence-corrected chi connectivity index (χ0v) is 11.3. The van der Waals surface area contributed by atoms with Crippen LogP contribution < -0.4 is 5.43 Å². The Kier molecular flexibility index (Phi) is 3.24. The van der Waals surface area contributed by atoms with Gasteiger partial charge in [0.2, 0.25) is 0 Å². The normalized spacial score (nSPS) is 17.6. The molecule has 0 fully saturated rings.